The molecule has 0 atom stereocenters. The van der Waals surface area contributed by atoms with E-state index < -0.39 is 0 Å². The number of anilines is 1. The van der Waals surface area contributed by atoms with Crippen molar-refractivity contribution in [1.29, 1.82) is 0 Å². The van der Waals surface area contributed by atoms with E-state index in [1.54, 1.807) is 0 Å². The van der Waals surface area contributed by atoms with Crippen molar-refractivity contribution in [2.24, 2.45) is 0 Å². The molecule has 0 radical (unpaired) electrons. The van der Waals surface area contributed by atoms with Gasteiger partial charge in [-0.2, -0.15) is 5.10 Å². The van der Waals surface area contributed by atoms with E-state index in [-0.39, 0.29) is 0 Å². The molecule has 4 aromatic rings. The van der Waals surface area contributed by atoms with Gasteiger partial charge in [0.1, 0.15) is 11.4 Å². The number of benzene rings is 2. The van der Waals surface area contributed by atoms with E-state index in [1.165, 1.54) is 0 Å². The van der Waals surface area contributed by atoms with Crippen LogP contribution in [-0.4, -0.2) is 71.1 Å². The van der Waals surface area contributed by atoms with Gasteiger partial charge in [0.05, 0.1) is 36.4 Å². The Morgan fingerprint density at radius 2 is 2.03 bits per heavy atom. The van der Waals surface area contributed by atoms with E-state index in [2.05, 4.69) is 37.5 Å². The van der Waals surface area contributed by atoms with E-state index in [0.29, 0.717) is 6.61 Å². The number of hydrogen-bond donors (Lipinski definition) is 3. The molecule has 2 aromatic heterocycles. The molecule has 1 saturated heterocycles. The van der Waals surface area contributed by atoms with Gasteiger partial charge in [-0.3, -0.25) is 10.00 Å². The van der Waals surface area contributed by atoms with Gasteiger partial charge in [0.2, 0.25) is 0 Å². The summed E-state index contributed by atoms with van der Waals surface area (Å²) in [5, 5.41) is 12.1. The van der Waals surface area contributed by atoms with Crippen LogP contribution in [0, 0.1) is 0 Å². The third-order valence-electron chi connectivity index (χ3n) is 5.41. The molecular weight excluding hydrogens is 380 g/mol. The molecule has 0 amide bonds. The molecule has 8 nitrogen and oxygen atoms in total. The minimum absolute atomic E-state index is 0.630. The lowest BCUT2D eigenvalue weighted by Gasteiger charge is -2.26. The summed E-state index contributed by atoms with van der Waals surface area (Å²) in [4.78, 5) is 10.6. The summed E-state index contributed by atoms with van der Waals surface area (Å²) in [6, 6.07) is 12.1. The lowest BCUT2D eigenvalue weighted by Crippen LogP contribution is -2.38. The predicted octanol–water partition coefficient (Wildman–Crippen LogP) is 3.25. The van der Waals surface area contributed by atoms with Gasteiger partial charge in [-0.05, 0) is 43.3 Å². The molecule has 1 aliphatic rings. The number of nitrogens with zero attached hydrogens (tertiary/aromatic N) is 3. The summed E-state index contributed by atoms with van der Waals surface area (Å²) in [5.74, 6) is 1.57. The highest BCUT2D eigenvalue weighted by Gasteiger charge is 2.14. The monoisotopic (exact) mass is 406 g/mol. The Kier molecular flexibility index (Phi) is 5.25. The molecule has 1 aliphatic heterocycles. The molecule has 1 fully saturated rings. The normalized spacial score (nSPS) is 15.1. The second-order valence-corrected chi connectivity index (χ2v) is 7.41. The van der Waals surface area contributed by atoms with Gasteiger partial charge < -0.3 is 19.8 Å². The Morgan fingerprint density at radius 1 is 1.13 bits per heavy atom. The zero-order valence-corrected chi connectivity index (χ0v) is 17.1. The summed E-state index contributed by atoms with van der Waals surface area (Å²) >= 11 is 0. The molecule has 0 bridgehead atoms. The lowest BCUT2D eigenvalue weighted by atomic mass is 10.2. The van der Waals surface area contributed by atoms with Gasteiger partial charge >= 0.3 is 0 Å². The van der Waals surface area contributed by atoms with Crippen molar-refractivity contribution in [3.05, 3.63) is 36.4 Å². The fourth-order valence-corrected chi connectivity index (χ4v) is 3.84. The van der Waals surface area contributed by atoms with Crippen molar-refractivity contribution in [3.8, 4) is 17.3 Å². The van der Waals surface area contributed by atoms with Crippen LogP contribution < -0.4 is 10.1 Å². The average Bonchev–Trinajstić information content (AvgIpc) is 3.38. The molecule has 5 rings (SSSR count). The molecule has 0 aliphatic carbocycles. The highest BCUT2D eigenvalue weighted by atomic mass is 16.5. The Bertz CT molecular complexity index is 1150. The third kappa shape index (κ3) is 3.83. The number of nitrogens with one attached hydrogen (secondary N) is 3. The number of fused-ring (bicyclic) bond motifs is 2. The fourth-order valence-electron chi connectivity index (χ4n) is 3.84. The van der Waals surface area contributed by atoms with Crippen molar-refractivity contribution < 1.29 is 9.47 Å². The highest BCUT2D eigenvalue weighted by molar-refractivity contribution is 5.94. The van der Waals surface area contributed by atoms with Crippen LogP contribution in [0.2, 0.25) is 0 Å². The summed E-state index contributed by atoms with van der Waals surface area (Å²) < 4.78 is 11.0. The Labute approximate surface area is 174 Å². The zero-order valence-electron chi connectivity index (χ0n) is 17.1. The topological polar surface area (TPSA) is 91.1 Å². The molecule has 0 unspecified atom stereocenters. The van der Waals surface area contributed by atoms with Crippen molar-refractivity contribution in [3.63, 3.8) is 0 Å². The molecule has 8 heteroatoms. The summed E-state index contributed by atoms with van der Waals surface area (Å²) in [5.41, 5.74) is 4.74. The largest absolute Gasteiger partial charge is 0.494 e. The van der Waals surface area contributed by atoms with Crippen LogP contribution in [0.3, 0.4) is 0 Å². The van der Waals surface area contributed by atoms with Crippen LogP contribution in [0.5, 0.6) is 5.75 Å². The molecule has 2 aromatic carbocycles. The van der Waals surface area contributed by atoms with Crippen molar-refractivity contribution in [2.45, 2.75) is 6.92 Å². The minimum atomic E-state index is 0.630. The lowest BCUT2D eigenvalue weighted by molar-refractivity contribution is 0.0398. The van der Waals surface area contributed by atoms with Crippen LogP contribution in [0.15, 0.2) is 36.4 Å². The molecular formula is C22H26N6O2. The molecule has 30 heavy (non-hydrogen) atoms. The van der Waals surface area contributed by atoms with Gasteiger partial charge in [0.15, 0.2) is 5.82 Å². The van der Waals surface area contributed by atoms with E-state index >= 15 is 0 Å². The maximum Gasteiger partial charge on any atom is 0.159 e. The third-order valence-corrected chi connectivity index (χ3v) is 5.41. The van der Waals surface area contributed by atoms with E-state index in [1.807, 2.05) is 31.2 Å². The number of aromatic nitrogens is 4. The number of aromatic amines is 2. The second-order valence-electron chi connectivity index (χ2n) is 7.41. The van der Waals surface area contributed by atoms with Gasteiger partial charge in [0.25, 0.3) is 0 Å². The van der Waals surface area contributed by atoms with Gasteiger partial charge in [-0.15, -0.1) is 0 Å². The van der Waals surface area contributed by atoms with Gasteiger partial charge in [0, 0.05) is 37.3 Å². The van der Waals surface area contributed by atoms with Crippen molar-refractivity contribution in [2.75, 3.05) is 51.3 Å². The number of rotatable bonds is 7. The summed E-state index contributed by atoms with van der Waals surface area (Å²) in [6.45, 7) is 8.19. The average molecular weight is 406 g/mol. The predicted molar refractivity (Wildman–Crippen MR) is 118 cm³/mol. The Balaban J connectivity index is 1.35. The number of ether oxygens (including phenoxy) is 2. The smallest absolute Gasteiger partial charge is 0.159 e. The number of imidazole rings is 1. The minimum Gasteiger partial charge on any atom is -0.494 e. The highest BCUT2D eigenvalue weighted by Crippen LogP contribution is 2.29. The van der Waals surface area contributed by atoms with Gasteiger partial charge in [-0.1, -0.05) is 0 Å². The van der Waals surface area contributed by atoms with E-state index in [9.17, 15) is 0 Å². The maximum absolute atomic E-state index is 5.64. The van der Waals surface area contributed by atoms with Crippen LogP contribution in [0.4, 0.5) is 5.69 Å². The summed E-state index contributed by atoms with van der Waals surface area (Å²) in [7, 11) is 0. The van der Waals surface area contributed by atoms with Crippen LogP contribution >= 0.6 is 0 Å². The fraction of sp³-hybridized carbons (Fsp3) is 0.364. The van der Waals surface area contributed by atoms with Gasteiger partial charge in [-0.25, -0.2) is 4.98 Å². The molecule has 3 heterocycles. The first-order valence-electron chi connectivity index (χ1n) is 10.4. The van der Waals surface area contributed by atoms with Crippen molar-refractivity contribution >= 4 is 27.6 Å². The molecule has 0 saturated carbocycles. The first-order valence-corrected chi connectivity index (χ1v) is 10.4. The molecule has 0 spiro atoms. The number of H-pyrrole nitrogens is 2. The first kappa shape index (κ1) is 18.9. The second kappa shape index (κ2) is 8.33. The summed E-state index contributed by atoms with van der Waals surface area (Å²) in [6.07, 6.45) is 0. The quantitative estimate of drug-likeness (QED) is 0.436. The van der Waals surface area contributed by atoms with E-state index in [4.69, 9.17) is 14.5 Å². The Hall–Kier alpha value is -3.10. The van der Waals surface area contributed by atoms with Crippen LogP contribution in [0.1, 0.15) is 6.92 Å². The van der Waals surface area contributed by atoms with E-state index in [0.717, 1.165) is 84.3 Å². The SMILES string of the molecule is CCOc1ccc2[nH]nc(-c3nc4ccc(NCCN5CCOCC5)cc4[nH]3)c2c1. The molecule has 156 valence electrons. The van der Waals surface area contributed by atoms with Crippen LogP contribution in [0.25, 0.3) is 33.5 Å². The standard InChI is InChI=1S/C22H26N6O2/c1-2-30-16-4-6-18-17(14-16)21(27-26-18)22-24-19-5-3-15(13-20(19)25-22)23-7-8-28-9-11-29-12-10-28/h3-6,13-14,23H,2,7-12H2,1H3,(H,24,25)(H,26,27). The maximum atomic E-state index is 5.64. The van der Waals surface area contributed by atoms with Crippen LogP contribution in [-0.2, 0) is 4.74 Å². The zero-order chi connectivity index (χ0) is 20.3. The Morgan fingerprint density at radius 3 is 2.90 bits per heavy atom. The molecule has 3 N–H and O–H groups in total. The number of hydrogen-bond acceptors (Lipinski definition) is 6. The van der Waals surface area contributed by atoms with Crippen molar-refractivity contribution in [1.82, 2.24) is 25.1 Å². The first-order chi connectivity index (χ1) is 14.8. The number of morpholine rings is 1.